The van der Waals surface area contributed by atoms with Crippen LogP contribution in [-0.4, -0.2) is 10.9 Å². The molecule has 0 fully saturated rings. The van der Waals surface area contributed by atoms with Crippen molar-refractivity contribution in [2.75, 3.05) is 0 Å². The van der Waals surface area contributed by atoms with Crippen LogP contribution in [0.25, 0.3) is 33.4 Å². The van der Waals surface area contributed by atoms with Crippen LogP contribution < -0.4 is 5.43 Å². The molecule has 0 saturated heterocycles. The van der Waals surface area contributed by atoms with Crippen molar-refractivity contribution in [1.29, 1.82) is 0 Å². The zero-order chi connectivity index (χ0) is 20.9. The minimum Gasteiger partial charge on any atom is -0.508 e. The topological polar surface area (TPSA) is 67.5 Å². The van der Waals surface area contributed by atoms with E-state index in [1.165, 1.54) is 12.1 Å². The number of hydrogen-bond donors (Lipinski definition) is 1. The van der Waals surface area contributed by atoms with Crippen molar-refractivity contribution in [3.63, 3.8) is 0 Å². The quantitative estimate of drug-likeness (QED) is 0.349. The van der Waals surface area contributed by atoms with E-state index >= 15 is 0 Å². The lowest BCUT2D eigenvalue weighted by Gasteiger charge is -2.19. The summed E-state index contributed by atoms with van der Waals surface area (Å²) < 4.78 is 5.90. The van der Waals surface area contributed by atoms with Crippen LogP contribution in [0.2, 0.25) is 0 Å². The van der Waals surface area contributed by atoms with Crippen LogP contribution in [0, 0.1) is 12.3 Å². The molecule has 1 heterocycles. The molecule has 0 aromatic heterocycles. The van der Waals surface area contributed by atoms with E-state index in [4.69, 9.17) is 4.42 Å². The second-order valence-corrected chi connectivity index (χ2v) is 8.42. The van der Waals surface area contributed by atoms with E-state index in [0.29, 0.717) is 16.9 Å². The van der Waals surface area contributed by atoms with Crippen LogP contribution in [0.15, 0.2) is 63.8 Å². The number of aromatic hydroxyl groups is 1. The molecule has 0 radical (unpaired) electrons. The number of ketones is 1. The molecule has 1 aliphatic carbocycles. The van der Waals surface area contributed by atoms with Crippen molar-refractivity contribution in [3.8, 4) is 28.2 Å². The molecular formula is C25H22O4. The number of hydrogen-bond acceptors (Lipinski definition) is 4. The number of phenols is 1. The first-order valence-electron chi connectivity index (χ1n) is 9.50. The van der Waals surface area contributed by atoms with Crippen LogP contribution in [0.4, 0.5) is 0 Å². The molecule has 4 nitrogen and oxygen atoms in total. The van der Waals surface area contributed by atoms with Gasteiger partial charge in [0, 0.05) is 39.6 Å². The molecule has 2 aliphatic rings. The predicted octanol–water partition coefficient (Wildman–Crippen LogP) is 5.81. The van der Waals surface area contributed by atoms with Crippen molar-refractivity contribution in [3.05, 3.63) is 75.9 Å². The number of phenolic OH excluding ortho intramolecular Hbond substituents is 1. The molecule has 0 atom stereocenters. The molecule has 0 spiro atoms. The Morgan fingerprint density at radius 3 is 2.34 bits per heavy atom. The predicted molar refractivity (Wildman–Crippen MR) is 115 cm³/mol. The molecule has 1 aliphatic heterocycles. The van der Waals surface area contributed by atoms with Crippen LogP contribution in [-0.2, 0) is 0 Å². The molecule has 4 heteroatoms. The highest BCUT2D eigenvalue weighted by Crippen LogP contribution is 2.42. The average molecular weight is 386 g/mol. The van der Waals surface area contributed by atoms with Crippen LogP contribution in [0.3, 0.4) is 0 Å². The summed E-state index contributed by atoms with van der Waals surface area (Å²) in [6.07, 6.45) is 0. The van der Waals surface area contributed by atoms with Gasteiger partial charge in [-0.1, -0.05) is 32.9 Å². The van der Waals surface area contributed by atoms with Gasteiger partial charge in [0.15, 0.2) is 11.2 Å². The Kier molecular flexibility index (Phi) is 4.30. The van der Waals surface area contributed by atoms with Crippen molar-refractivity contribution >= 4 is 16.8 Å². The van der Waals surface area contributed by atoms with Gasteiger partial charge < -0.3 is 9.52 Å². The van der Waals surface area contributed by atoms with Crippen molar-refractivity contribution in [1.82, 2.24) is 0 Å². The monoisotopic (exact) mass is 386 g/mol. The third-order valence-corrected chi connectivity index (χ3v) is 5.12. The summed E-state index contributed by atoms with van der Waals surface area (Å²) in [4.78, 5) is 24.6. The van der Waals surface area contributed by atoms with E-state index in [1.807, 2.05) is 52.0 Å². The summed E-state index contributed by atoms with van der Waals surface area (Å²) in [6.45, 7) is 7.70. The molecule has 146 valence electrons. The smallest absolute Gasteiger partial charge is 0.182 e. The number of benzene rings is 3. The van der Waals surface area contributed by atoms with Gasteiger partial charge in [-0.25, -0.2) is 0 Å². The van der Waals surface area contributed by atoms with Gasteiger partial charge >= 0.3 is 0 Å². The van der Waals surface area contributed by atoms with Gasteiger partial charge in [0.1, 0.15) is 17.1 Å². The number of carbonyl (C=O) groups is 1. The average Bonchev–Trinajstić information content (AvgIpc) is 2.64. The maximum atomic E-state index is 12.7. The first-order valence-corrected chi connectivity index (χ1v) is 9.50. The Balaban J connectivity index is 2.02. The molecule has 0 amide bonds. The lowest BCUT2D eigenvalue weighted by Crippen LogP contribution is -2.20. The fourth-order valence-electron chi connectivity index (χ4n) is 3.67. The highest BCUT2D eigenvalue weighted by Gasteiger charge is 2.24. The molecule has 0 unspecified atom stereocenters. The van der Waals surface area contributed by atoms with Crippen molar-refractivity contribution < 1.29 is 14.3 Å². The minimum absolute atomic E-state index is 0.0887. The molecule has 2 aromatic carbocycles. The van der Waals surface area contributed by atoms with Gasteiger partial charge in [0.05, 0.1) is 0 Å². The van der Waals surface area contributed by atoms with E-state index in [0.717, 1.165) is 27.6 Å². The molecule has 0 bridgehead atoms. The van der Waals surface area contributed by atoms with Crippen molar-refractivity contribution in [2.45, 2.75) is 27.7 Å². The van der Waals surface area contributed by atoms with Gasteiger partial charge in [-0.15, -0.1) is 0 Å². The zero-order valence-corrected chi connectivity index (χ0v) is 16.9. The van der Waals surface area contributed by atoms with Crippen molar-refractivity contribution in [2.24, 2.45) is 5.41 Å². The molecule has 1 N–H and O–H groups in total. The highest BCUT2D eigenvalue weighted by molar-refractivity contribution is 6.04. The molecular weight excluding hydrogens is 364 g/mol. The Morgan fingerprint density at radius 1 is 0.931 bits per heavy atom. The van der Waals surface area contributed by atoms with Crippen LogP contribution in [0.5, 0.6) is 5.75 Å². The molecule has 2 aromatic rings. The fourth-order valence-corrected chi connectivity index (χ4v) is 3.67. The van der Waals surface area contributed by atoms with Gasteiger partial charge in [-0.3, -0.25) is 9.59 Å². The minimum atomic E-state index is -0.457. The number of rotatable bonds is 2. The molecule has 0 saturated carbocycles. The Labute approximate surface area is 168 Å². The summed E-state index contributed by atoms with van der Waals surface area (Å²) in [6, 6.07) is 15.4. The normalized spacial score (nSPS) is 11.9. The number of Topliss-reactive ketones (excluding diaryl/α,β-unsaturated/α-hetero) is 1. The first-order chi connectivity index (χ1) is 13.6. The van der Waals surface area contributed by atoms with Gasteiger partial charge in [-0.05, 0) is 48.4 Å². The van der Waals surface area contributed by atoms with E-state index < -0.39 is 5.41 Å². The number of fused-ring (bicyclic) bond motifs is 2. The summed E-state index contributed by atoms with van der Waals surface area (Å²) >= 11 is 0. The lowest BCUT2D eigenvalue weighted by atomic mass is 9.84. The van der Waals surface area contributed by atoms with E-state index in [-0.39, 0.29) is 17.0 Å². The molecule has 4 rings (SSSR count). The second-order valence-electron chi connectivity index (χ2n) is 8.42. The Bertz CT molecular complexity index is 1290. The SMILES string of the molecule is Cc1cc(C(=O)C(C)(C)C)ccc1-c1c2ccc(=O)cc-2oc2cc(O)ccc12. The summed E-state index contributed by atoms with van der Waals surface area (Å²) in [5, 5.41) is 10.7. The third-order valence-electron chi connectivity index (χ3n) is 5.12. The fraction of sp³-hybridized carbons (Fsp3) is 0.200. The maximum Gasteiger partial charge on any atom is 0.182 e. The third kappa shape index (κ3) is 3.31. The van der Waals surface area contributed by atoms with Gasteiger partial charge in [0.25, 0.3) is 0 Å². The number of carbonyl (C=O) groups excluding carboxylic acids is 1. The summed E-state index contributed by atoms with van der Waals surface area (Å²) in [7, 11) is 0. The summed E-state index contributed by atoms with van der Waals surface area (Å²) in [5.74, 6) is 0.637. The highest BCUT2D eigenvalue weighted by atomic mass is 16.3. The second kappa shape index (κ2) is 6.59. The van der Waals surface area contributed by atoms with E-state index in [1.54, 1.807) is 18.2 Å². The zero-order valence-electron chi connectivity index (χ0n) is 16.9. The van der Waals surface area contributed by atoms with E-state index in [2.05, 4.69) is 0 Å². The van der Waals surface area contributed by atoms with Gasteiger partial charge in [-0.2, -0.15) is 0 Å². The number of aryl methyl sites for hydroxylation is 1. The Hall–Kier alpha value is -3.40. The largest absolute Gasteiger partial charge is 0.508 e. The molecule has 29 heavy (non-hydrogen) atoms. The summed E-state index contributed by atoms with van der Waals surface area (Å²) in [5.41, 5.74) is 4.18. The van der Waals surface area contributed by atoms with E-state index in [9.17, 15) is 14.7 Å². The van der Waals surface area contributed by atoms with Crippen LogP contribution >= 0.6 is 0 Å². The van der Waals surface area contributed by atoms with Crippen LogP contribution in [0.1, 0.15) is 36.7 Å². The first kappa shape index (κ1) is 18.9. The maximum absolute atomic E-state index is 12.7. The standard InChI is InChI=1S/C25H22O4/c1-14-11-15(24(28)25(2,3)4)5-8-18(14)23-19-9-6-16(26)12-21(19)29-22-13-17(27)7-10-20(22)23/h5-13,26H,1-4H3. The Morgan fingerprint density at radius 2 is 1.66 bits per heavy atom. The lowest BCUT2D eigenvalue weighted by molar-refractivity contribution is 0.0858. The van der Waals surface area contributed by atoms with Gasteiger partial charge in [0.2, 0.25) is 0 Å².